The summed E-state index contributed by atoms with van der Waals surface area (Å²) in [5.41, 5.74) is 2.98. The van der Waals surface area contributed by atoms with Gasteiger partial charge in [-0.1, -0.05) is 30.3 Å². The SMILES string of the molecule is COc1cc(CN(CCCCc2ccccc2)C(=O)N[C@H](C)C(=O)O)cc(OC)c1C. The van der Waals surface area contributed by atoms with Gasteiger partial charge in [0.05, 0.1) is 14.2 Å². The number of hydrogen-bond donors (Lipinski definition) is 2. The minimum absolute atomic E-state index is 0.316. The van der Waals surface area contributed by atoms with E-state index in [0.717, 1.165) is 30.4 Å². The molecule has 0 spiro atoms. The number of aliphatic carboxylic acids is 1. The molecule has 0 fully saturated rings. The summed E-state index contributed by atoms with van der Waals surface area (Å²) in [6.45, 7) is 4.18. The fraction of sp³-hybridized carbons (Fsp3) is 0.417. The molecule has 1 atom stereocenters. The Kier molecular flexibility index (Phi) is 9.18. The zero-order valence-electron chi connectivity index (χ0n) is 18.7. The monoisotopic (exact) mass is 428 g/mol. The summed E-state index contributed by atoms with van der Waals surface area (Å²) in [6, 6.07) is 12.6. The van der Waals surface area contributed by atoms with E-state index in [9.17, 15) is 9.59 Å². The molecule has 0 aromatic heterocycles. The molecule has 168 valence electrons. The summed E-state index contributed by atoms with van der Waals surface area (Å²) in [4.78, 5) is 25.6. The number of carbonyl (C=O) groups excluding carboxylic acids is 1. The largest absolute Gasteiger partial charge is 0.496 e. The van der Waals surface area contributed by atoms with Crippen molar-refractivity contribution in [3.8, 4) is 11.5 Å². The van der Waals surface area contributed by atoms with E-state index in [1.54, 1.807) is 19.1 Å². The van der Waals surface area contributed by atoms with E-state index in [2.05, 4.69) is 17.4 Å². The molecule has 0 heterocycles. The van der Waals surface area contributed by atoms with Crippen LogP contribution in [0.5, 0.6) is 11.5 Å². The number of nitrogens with zero attached hydrogens (tertiary/aromatic N) is 1. The number of unbranched alkanes of at least 4 members (excludes halogenated alkanes) is 1. The predicted octanol–water partition coefficient (Wildman–Crippen LogP) is 4.02. The molecule has 2 aromatic carbocycles. The van der Waals surface area contributed by atoms with Gasteiger partial charge in [0.25, 0.3) is 0 Å². The zero-order valence-corrected chi connectivity index (χ0v) is 18.7. The number of carboxylic acids is 1. The third kappa shape index (κ3) is 7.20. The van der Waals surface area contributed by atoms with Crippen LogP contribution in [0.25, 0.3) is 0 Å². The van der Waals surface area contributed by atoms with E-state index in [4.69, 9.17) is 14.6 Å². The molecule has 0 saturated heterocycles. The minimum atomic E-state index is -1.07. The summed E-state index contributed by atoms with van der Waals surface area (Å²) in [6.07, 6.45) is 2.64. The van der Waals surface area contributed by atoms with Gasteiger partial charge >= 0.3 is 12.0 Å². The lowest BCUT2D eigenvalue weighted by Crippen LogP contribution is -2.46. The number of carboxylic acid groups (broad SMARTS) is 1. The van der Waals surface area contributed by atoms with E-state index in [0.29, 0.717) is 24.6 Å². The standard InChI is InChI=1S/C24H32N2O5/c1-17-21(30-3)14-20(15-22(17)31-4)16-26(24(29)25-18(2)23(27)28)13-9-8-12-19-10-6-5-7-11-19/h5-7,10-11,14-15,18H,8-9,12-13,16H2,1-4H3,(H,25,29)(H,27,28)/t18-/m1/s1. The summed E-state index contributed by atoms with van der Waals surface area (Å²) in [7, 11) is 3.18. The quantitative estimate of drug-likeness (QED) is 0.528. The molecule has 2 rings (SSSR count). The number of rotatable bonds is 11. The van der Waals surface area contributed by atoms with Crippen LogP contribution in [0.2, 0.25) is 0 Å². The number of methoxy groups -OCH3 is 2. The minimum Gasteiger partial charge on any atom is -0.496 e. The first-order valence-electron chi connectivity index (χ1n) is 10.4. The third-order valence-electron chi connectivity index (χ3n) is 5.17. The lowest BCUT2D eigenvalue weighted by molar-refractivity contribution is -0.138. The Morgan fingerprint density at radius 1 is 1.03 bits per heavy atom. The van der Waals surface area contributed by atoms with E-state index in [1.165, 1.54) is 12.5 Å². The van der Waals surface area contributed by atoms with Crippen molar-refractivity contribution in [2.45, 2.75) is 45.7 Å². The van der Waals surface area contributed by atoms with Crippen LogP contribution in [-0.2, 0) is 17.8 Å². The Hall–Kier alpha value is -3.22. The van der Waals surface area contributed by atoms with E-state index >= 15 is 0 Å². The second-order valence-corrected chi connectivity index (χ2v) is 7.50. The van der Waals surface area contributed by atoms with Gasteiger partial charge in [0.15, 0.2) is 0 Å². The average Bonchev–Trinajstić information content (AvgIpc) is 2.77. The van der Waals surface area contributed by atoms with Crippen LogP contribution >= 0.6 is 0 Å². The van der Waals surface area contributed by atoms with Crippen molar-refractivity contribution in [3.63, 3.8) is 0 Å². The van der Waals surface area contributed by atoms with Crippen LogP contribution < -0.4 is 14.8 Å². The number of nitrogens with one attached hydrogen (secondary N) is 1. The Bertz CT molecular complexity index is 845. The summed E-state index contributed by atoms with van der Waals surface area (Å²) in [5.74, 6) is 0.284. The summed E-state index contributed by atoms with van der Waals surface area (Å²) >= 11 is 0. The second kappa shape index (κ2) is 11.8. The Balaban J connectivity index is 2.11. The maximum Gasteiger partial charge on any atom is 0.325 e. The predicted molar refractivity (Wildman–Crippen MR) is 120 cm³/mol. The normalized spacial score (nSPS) is 11.5. The molecule has 0 aliphatic rings. The highest BCUT2D eigenvalue weighted by Gasteiger charge is 2.20. The topological polar surface area (TPSA) is 88.1 Å². The first-order valence-corrected chi connectivity index (χ1v) is 10.4. The Morgan fingerprint density at radius 3 is 2.19 bits per heavy atom. The van der Waals surface area contributed by atoms with Crippen LogP contribution in [0.3, 0.4) is 0 Å². The van der Waals surface area contributed by atoms with Crippen molar-refractivity contribution < 1.29 is 24.2 Å². The smallest absolute Gasteiger partial charge is 0.325 e. The molecule has 0 aliphatic carbocycles. The molecule has 0 aliphatic heterocycles. The number of amides is 2. The fourth-order valence-electron chi connectivity index (χ4n) is 3.32. The van der Waals surface area contributed by atoms with Crippen LogP contribution in [-0.4, -0.2) is 48.8 Å². The van der Waals surface area contributed by atoms with Gasteiger partial charge in [-0.3, -0.25) is 4.79 Å². The van der Waals surface area contributed by atoms with Gasteiger partial charge in [0.1, 0.15) is 17.5 Å². The van der Waals surface area contributed by atoms with Crippen LogP contribution in [0, 0.1) is 6.92 Å². The maximum atomic E-state index is 12.8. The summed E-state index contributed by atoms with van der Waals surface area (Å²) < 4.78 is 10.9. The molecule has 2 amide bonds. The van der Waals surface area contributed by atoms with Crippen LogP contribution in [0.15, 0.2) is 42.5 Å². The fourth-order valence-corrected chi connectivity index (χ4v) is 3.32. The summed E-state index contributed by atoms with van der Waals surface area (Å²) in [5, 5.41) is 11.7. The van der Waals surface area contributed by atoms with Crippen LogP contribution in [0.4, 0.5) is 4.79 Å². The zero-order chi connectivity index (χ0) is 22.8. The molecule has 0 unspecified atom stereocenters. The van der Waals surface area contributed by atoms with Gasteiger partial charge in [-0.05, 0) is 56.4 Å². The van der Waals surface area contributed by atoms with Gasteiger partial charge in [-0.15, -0.1) is 0 Å². The Morgan fingerprint density at radius 2 is 1.65 bits per heavy atom. The number of carbonyl (C=O) groups is 2. The highest BCUT2D eigenvalue weighted by molar-refractivity contribution is 5.82. The molecule has 0 radical (unpaired) electrons. The van der Waals surface area contributed by atoms with Crippen molar-refractivity contribution in [1.29, 1.82) is 0 Å². The van der Waals surface area contributed by atoms with Crippen molar-refractivity contribution in [1.82, 2.24) is 10.2 Å². The van der Waals surface area contributed by atoms with Crippen molar-refractivity contribution in [3.05, 3.63) is 59.2 Å². The molecule has 31 heavy (non-hydrogen) atoms. The molecule has 7 heteroatoms. The van der Waals surface area contributed by atoms with Gasteiger partial charge in [0.2, 0.25) is 0 Å². The Labute approximate surface area is 184 Å². The number of aryl methyl sites for hydroxylation is 1. The third-order valence-corrected chi connectivity index (χ3v) is 5.17. The lowest BCUT2D eigenvalue weighted by atomic mass is 10.1. The number of hydrogen-bond acceptors (Lipinski definition) is 4. The van der Waals surface area contributed by atoms with E-state index < -0.39 is 18.0 Å². The number of benzene rings is 2. The van der Waals surface area contributed by atoms with E-state index in [1.807, 2.05) is 37.3 Å². The number of ether oxygens (including phenoxy) is 2. The van der Waals surface area contributed by atoms with Crippen molar-refractivity contribution >= 4 is 12.0 Å². The van der Waals surface area contributed by atoms with Crippen molar-refractivity contribution in [2.24, 2.45) is 0 Å². The first-order chi connectivity index (χ1) is 14.8. The van der Waals surface area contributed by atoms with Gasteiger partial charge in [-0.2, -0.15) is 0 Å². The van der Waals surface area contributed by atoms with Crippen molar-refractivity contribution in [2.75, 3.05) is 20.8 Å². The number of urea groups is 1. The molecular formula is C24H32N2O5. The average molecular weight is 429 g/mol. The lowest BCUT2D eigenvalue weighted by Gasteiger charge is -2.25. The highest BCUT2D eigenvalue weighted by Crippen LogP contribution is 2.30. The highest BCUT2D eigenvalue weighted by atomic mass is 16.5. The van der Waals surface area contributed by atoms with Gasteiger partial charge < -0.3 is 24.8 Å². The van der Waals surface area contributed by atoms with Gasteiger partial charge in [-0.25, -0.2) is 4.79 Å². The molecule has 0 saturated carbocycles. The first kappa shape index (κ1) is 24.1. The molecule has 2 N–H and O–H groups in total. The van der Waals surface area contributed by atoms with E-state index in [-0.39, 0.29) is 0 Å². The molecule has 0 bridgehead atoms. The van der Waals surface area contributed by atoms with Crippen LogP contribution in [0.1, 0.15) is 36.5 Å². The molecule has 7 nitrogen and oxygen atoms in total. The van der Waals surface area contributed by atoms with Gasteiger partial charge in [0, 0.05) is 18.7 Å². The second-order valence-electron chi connectivity index (χ2n) is 7.50. The molecular weight excluding hydrogens is 396 g/mol. The molecule has 2 aromatic rings. The maximum absolute atomic E-state index is 12.8.